The quantitative estimate of drug-likeness (QED) is 0.134. The van der Waals surface area contributed by atoms with Crippen molar-refractivity contribution in [1.29, 1.82) is 5.26 Å². The third-order valence-electron chi connectivity index (χ3n) is 5.33. The predicted molar refractivity (Wildman–Crippen MR) is 147 cm³/mol. The van der Waals surface area contributed by atoms with Crippen LogP contribution in [0.25, 0.3) is 6.08 Å². The van der Waals surface area contributed by atoms with E-state index in [2.05, 4.69) is 16.6 Å². The van der Waals surface area contributed by atoms with Crippen LogP contribution in [0.4, 0.5) is 5.69 Å². The van der Waals surface area contributed by atoms with Gasteiger partial charge in [0, 0.05) is 16.3 Å². The molecule has 0 saturated carbocycles. The Labute approximate surface area is 226 Å². The van der Waals surface area contributed by atoms with Crippen molar-refractivity contribution < 1.29 is 23.8 Å². The average molecular weight is 531 g/mol. The van der Waals surface area contributed by atoms with Gasteiger partial charge in [-0.05, 0) is 79.1 Å². The monoisotopic (exact) mass is 530 g/mol. The first kappa shape index (κ1) is 28.0. The Morgan fingerprint density at radius 1 is 1.11 bits per heavy atom. The van der Waals surface area contributed by atoms with Crippen molar-refractivity contribution in [2.24, 2.45) is 0 Å². The van der Waals surface area contributed by atoms with E-state index >= 15 is 0 Å². The molecule has 0 saturated heterocycles. The molecule has 38 heavy (non-hydrogen) atoms. The molecule has 3 rings (SSSR count). The van der Waals surface area contributed by atoms with Gasteiger partial charge >= 0.3 is 5.97 Å². The second-order valence-electron chi connectivity index (χ2n) is 8.04. The van der Waals surface area contributed by atoms with Crippen molar-refractivity contribution in [3.63, 3.8) is 0 Å². The number of benzene rings is 3. The van der Waals surface area contributed by atoms with Crippen LogP contribution in [0.15, 0.2) is 78.9 Å². The van der Waals surface area contributed by atoms with Crippen LogP contribution in [0.3, 0.4) is 0 Å². The fourth-order valence-corrected chi connectivity index (χ4v) is 3.82. The second-order valence-corrected chi connectivity index (χ2v) is 8.48. The summed E-state index contributed by atoms with van der Waals surface area (Å²) < 4.78 is 16.7. The third kappa shape index (κ3) is 7.48. The van der Waals surface area contributed by atoms with E-state index in [9.17, 15) is 14.9 Å². The van der Waals surface area contributed by atoms with E-state index in [1.54, 1.807) is 30.3 Å². The van der Waals surface area contributed by atoms with Gasteiger partial charge in [-0.15, -0.1) is 6.58 Å². The lowest BCUT2D eigenvalue weighted by atomic mass is 10.0. The molecule has 194 valence electrons. The van der Waals surface area contributed by atoms with E-state index in [1.807, 2.05) is 37.3 Å². The van der Waals surface area contributed by atoms with Crippen molar-refractivity contribution >= 4 is 35.2 Å². The maximum Gasteiger partial charge on any atom is 0.337 e. The molecular formula is C30H27ClN2O5. The van der Waals surface area contributed by atoms with Gasteiger partial charge < -0.3 is 19.5 Å². The first-order chi connectivity index (χ1) is 18.4. The number of ether oxygens (including phenoxy) is 3. The largest absolute Gasteiger partial charge is 0.490 e. The molecule has 0 fully saturated rings. The average Bonchev–Trinajstić information content (AvgIpc) is 2.91. The van der Waals surface area contributed by atoms with Crippen molar-refractivity contribution in [2.75, 3.05) is 19.0 Å². The van der Waals surface area contributed by atoms with Crippen LogP contribution in [0.2, 0.25) is 5.02 Å². The van der Waals surface area contributed by atoms with Crippen LogP contribution in [-0.2, 0) is 22.6 Å². The first-order valence-electron chi connectivity index (χ1n) is 11.8. The normalized spacial score (nSPS) is 10.7. The summed E-state index contributed by atoms with van der Waals surface area (Å²) in [5, 5.41) is 13.0. The van der Waals surface area contributed by atoms with E-state index in [-0.39, 0.29) is 12.2 Å². The van der Waals surface area contributed by atoms with E-state index in [1.165, 1.54) is 25.3 Å². The summed E-state index contributed by atoms with van der Waals surface area (Å²) in [6, 6.07) is 19.0. The molecule has 3 aromatic carbocycles. The number of nitrogens with one attached hydrogen (secondary N) is 1. The Balaban J connectivity index is 1.88. The van der Waals surface area contributed by atoms with Crippen molar-refractivity contribution in [3.8, 4) is 17.6 Å². The molecule has 0 aromatic heterocycles. The summed E-state index contributed by atoms with van der Waals surface area (Å²) in [7, 11) is 1.29. The molecule has 1 amide bonds. The van der Waals surface area contributed by atoms with Crippen LogP contribution >= 0.6 is 11.6 Å². The lowest BCUT2D eigenvalue weighted by Gasteiger charge is -2.17. The molecule has 0 aliphatic rings. The van der Waals surface area contributed by atoms with Gasteiger partial charge in [0.15, 0.2) is 11.5 Å². The number of esters is 1. The van der Waals surface area contributed by atoms with E-state index in [0.29, 0.717) is 46.4 Å². The number of hydrogen-bond donors (Lipinski definition) is 1. The van der Waals surface area contributed by atoms with Crippen LogP contribution in [0.1, 0.15) is 34.0 Å². The summed E-state index contributed by atoms with van der Waals surface area (Å²) in [4.78, 5) is 24.4. The number of carbonyl (C=O) groups excluding carboxylic acids is 2. The Bertz CT molecular complexity index is 1390. The van der Waals surface area contributed by atoms with E-state index < -0.39 is 11.9 Å². The number of nitrogens with zero attached hydrogens (tertiary/aromatic N) is 1. The number of hydrogen-bond acceptors (Lipinski definition) is 6. The molecule has 0 radical (unpaired) electrons. The number of halogens is 1. The molecule has 8 heteroatoms. The van der Waals surface area contributed by atoms with E-state index in [4.69, 9.17) is 21.1 Å². The summed E-state index contributed by atoms with van der Waals surface area (Å²) in [6.45, 7) is 6.36. The number of anilines is 1. The molecule has 0 unspecified atom stereocenters. The number of amides is 1. The zero-order valence-electron chi connectivity index (χ0n) is 21.1. The molecule has 1 N–H and O–H groups in total. The second kappa shape index (κ2) is 13.7. The molecule has 0 aliphatic heterocycles. The molecular weight excluding hydrogens is 504 g/mol. The van der Waals surface area contributed by atoms with Gasteiger partial charge in [0.25, 0.3) is 5.91 Å². The summed E-state index contributed by atoms with van der Waals surface area (Å²) >= 11 is 6.10. The topological polar surface area (TPSA) is 97.7 Å². The maximum atomic E-state index is 12.8. The number of rotatable bonds is 11. The van der Waals surface area contributed by atoms with Crippen molar-refractivity contribution in [3.05, 3.63) is 106 Å². The van der Waals surface area contributed by atoms with Gasteiger partial charge in [-0.3, -0.25) is 4.79 Å². The fraction of sp³-hybridized carbons (Fsp3) is 0.167. The minimum Gasteiger partial charge on any atom is -0.490 e. The van der Waals surface area contributed by atoms with Gasteiger partial charge in [-0.2, -0.15) is 5.26 Å². The molecule has 0 bridgehead atoms. The summed E-state index contributed by atoms with van der Waals surface area (Å²) in [6.07, 6.45) is 3.70. The number of nitriles is 1. The Kier molecular flexibility index (Phi) is 10.1. The number of carbonyl (C=O) groups is 2. The Hall–Kier alpha value is -4.54. The van der Waals surface area contributed by atoms with Gasteiger partial charge in [0.05, 0.1) is 19.3 Å². The molecule has 0 aliphatic carbocycles. The Morgan fingerprint density at radius 3 is 2.50 bits per heavy atom. The predicted octanol–water partition coefficient (Wildman–Crippen LogP) is 6.38. The van der Waals surface area contributed by atoms with Gasteiger partial charge in [0.2, 0.25) is 0 Å². The lowest BCUT2D eigenvalue weighted by Crippen LogP contribution is -2.13. The Morgan fingerprint density at radius 2 is 1.87 bits per heavy atom. The molecule has 0 heterocycles. The lowest BCUT2D eigenvalue weighted by molar-refractivity contribution is -0.112. The third-order valence-corrected chi connectivity index (χ3v) is 5.57. The molecule has 7 nitrogen and oxygen atoms in total. The minimum atomic E-state index is -0.595. The standard InChI is InChI=1S/C30H27ClN2O5/c1-4-7-23-14-21(17-27(37-5-2)28(23)38-19-20-8-6-9-25(31)16-20)15-24(18-32)29(34)33-26-12-10-22(11-13-26)30(35)36-3/h4,6,8-17H,1,5,7,19H2,2-3H3,(H,33,34)/b24-15+. The highest BCUT2D eigenvalue weighted by Crippen LogP contribution is 2.35. The number of allylic oxidation sites excluding steroid dienone is 1. The van der Waals surface area contributed by atoms with Crippen molar-refractivity contribution in [2.45, 2.75) is 20.0 Å². The minimum absolute atomic E-state index is 0.110. The van der Waals surface area contributed by atoms with Crippen LogP contribution < -0.4 is 14.8 Å². The smallest absolute Gasteiger partial charge is 0.337 e. The highest BCUT2D eigenvalue weighted by Gasteiger charge is 2.16. The van der Waals surface area contributed by atoms with Crippen LogP contribution in [-0.4, -0.2) is 25.6 Å². The first-order valence-corrected chi connectivity index (χ1v) is 12.2. The zero-order chi connectivity index (χ0) is 27.5. The molecule has 0 spiro atoms. The summed E-state index contributed by atoms with van der Waals surface area (Å²) in [5.41, 5.74) is 2.94. The van der Waals surface area contributed by atoms with Crippen molar-refractivity contribution in [1.82, 2.24) is 0 Å². The maximum absolute atomic E-state index is 12.8. The highest BCUT2D eigenvalue weighted by molar-refractivity contribution is 6.30. The van der Waals surface area contributed by atoms with Gasteiger partial charge in [-0.1, -0.05) is 29.8 Å². The van der Waals surface area contributed by atoms with E-state index in [0.717, 1.165) is 11.1 Å². The molecule has 0 atom stereocenters. The summed E-state index contributed by atoms with van der Waals surface area (Å²) in [5.74, 6) is -0.0440. The number of methoxy groups -OCH3 is 1. The van der Waals surface area contributed by atoms with Gasteiger partial charge in [-0.25, -0.2) is 4.79 Å². The SMILES string of the molecule is C=CCc1cc(/C=C(\C#N)C(=O)Nc2ccc(C(=O)OC)cc2)cc(OCC)c1OCc1cccc(Cl)c1. The zero-order valence-corrected chi connectivity index (χ0v) is 21.9. The van der Waals surface area contributed by atoms with Gasteiger partial charge in [0.1, 0.15) is 18.2 Å². The van der Waals surface area contributed by atoms with Crippen LogP contribution in [0, 0.1) is 11.3 Å². The molecule has 3 aromatic rings. The highest BCUT2D eigenvalue weighted by atomic mass is 35.5. The van der Waals surface area contributed by atoms with Crippen LogP contribution in [0.5, 0.6) is 11.5 Å². The fourth-order valence-electron chi connectivity index (χ4n) is 3.60.